The van der Waals surface area contributed by atoms with Crippen LogP contribution in [0.3, 0.4) is 0 Å². The standard InChI is InChI=1S/C16H18N4O/c1-11-6-12(2)20-9-14(19-16(20)18-11)10-21-15-5-3-4-13(7-15)8-17/h3-7,9H,8,10,17H2,1-2H3. The van der Waals surface area contributed by atoms with Crippen LogP contribution in [0.15, 0.2) is 36.5 Å². The van der Waals surface area contributed by atoms with Crippen LogP contribution < -0.4 is 10.5 Å². The maximum Gasteiger partial charge on any atom is 0.234 e. The lowest BCUT2D eigenvalue weighted by atomic mass is 10.2. The Kier molecular flexibility index (Phi) is 3.58. The van der Waals surface area contributed by atoms with Crippen LogP contribution in [-0.2, 0) is 13.2 Å². The van der Waals surface area contributed by atoms with E-state index in [4.69, 9.17) is 10.5 Å². The topological polar surface area (TPSA) is 65.4 Å². The monoisotopic (exact) mass is 282 g/mol. The first-order valence-corrected chi connectivity index (χ1v) is 6.90. The average Bonchev–Trinajstić information content (AvgIpc) is 2.88. The predicted octanol–water partition coefficient (Wildman–Crippen LogP) is 2.38. The molecule has 108 valence electrons. The smallest absolute Gasteiger partial charge is 0.234 e. The second kappa shape index (κ2) is 5.54. The van der Waals surface area contributed by atoms with Crippen molar-refractivity contribution in [2.24, 2.45) is 5.73 Å². The van der Waals surface area contributed by atoms with E-state index in [0.29, 0.717) is 18.9 Å². The summed E-state index contributed by atoms with van der Waals surface area (Å²) in [5.41, 5.74) is 9.61. The van der Waals surface area contributed by atoms with E-state index in [9.17, 15) is 0 Å². The number of benzene rings is 1. The highest BCUT2D eigenvalue weighted by atomic mass is 16.5. The van der Waals surface area contributed by atoms with Gasteiger partial charge >= 0.3 is 0 Å². The molecule has 2 aromatic heterocycles. The Bertz CT molecular complexity index is 779. The van der Waals surface area contributed by atoms with Crippen molar-refractivity contribution in [2.45, 2.75) is 27.0 Å². The van der Waals surface area contributed by atoms with Crippen LogP contribution in [0.25, 0.3) is 5.78 Å². The second-order valence-electron chi connectivity index (χ2n) is 5.08. The van der Waals surface area contributed by atoms with Gasteiger partial charge in [-0.25, -0.2) is 9.97 Å². The summed E-state index contributed by atoms with van der Waals surface area (Å²) in [7, 11) is 0. The molecule has 0 fully saturated rings. The molecule has 0 saturated heterocycles. The summed E-state index contributed by atoms with van der Waals surface area (Å²) < 4.78 is 7.75. The SMILES string of the molecule is Cc1cc(C)n2cc(COc3cccc(CN)c3)nc2n1. The summed E-state index contributed by atoms with van der Waals surface area (Å²) in [6.45, 7) is 4.93. The molecule has 0 aliphatic heterocycles. The molecule has 0 atom stereocenters. The van der Waals surface area contributed by atoms with Crippen LogP contribution in [0.2, 0.25) is 0 Å². The Morgan fingerprint density at radius 1 is 1.19 bits per heavy atom. The molecule has 1 aromatic carbocycles. The van der Waals surface area contributed by atoms with Crippen molar-refractivity contribution in [3.63, 3.8) is 0 Å². The highest BCUT2D eigenvalue weighted by molar-refractivity contribution is 5.35. The van der Waals surface area contributed by atoms with Gasteiger partial charge in [0.2, 0.25) is 5.78 Å². The van der Waals surface area contributed by atoms with Crippen molar-refractivity contribution in [3.8, 4) is 5.75 Å². The van der Waals surface area contributed by atoms with Crippen LogP contribution >= 0.6 is 0 Å². The van der Waals surface area contributed by atoms with Gasteiger partial charge in [0.1, 0.15) is 12.4 Å². The molecule has 2 heterocycles. The zero-order valence-corrected chi connectivity index (χ0v) is 12.2. The van der Waals surface area contributed by atoms with Gasteiger partial charge in [0.05, 0.1) is 5.69 Å². The molecule has 5 nitrogen and oxygen atoms in total. The highest BCUT2D eigenvalue weighted by Gasteiger charge is 2.06. The molecule has 0 unspecified atom stereocenters. The zero-order valence-electron chi connectivity index (χ0n) is 12.2. The van der Waals surface area contributed by atoms with Gasteiger partial charge in [0.25, 0.3) is 0 Å². The molecule has 0 aliphatic rings. The van der Waals surface area contributed by atoms with Gasteiger partial charge in [0.15, 0.2) is 0 Å². The number of imidazole rings is 1. The van der Waals surface area contributed by atoms with Gasteiger partial charge < -0.3 is 10.5 Å². The molecule has 0 spiro atoms. The molecule has 0 bridgehead atoms. The predicted molar refractivity (Wildman–Crippen MR) is 81.1 cm³/mol. The maximum atomic E-state index is 5.78. The maximum absolute atomic E-state index is 5.78. The van der Waals surface area contributed by atoms with E-state index in [2.05, 4.69) is 9.97 Å². The summed E-state index contributed by atoms with van der Waals surface area (Å²) in [5, 5.41) is 0. The van der Waals surface area contributed by atoms with Gasteiger partial charge in [-0.2, -0.15) is 0 Å². The third kappa shape index (κ3) is 2.87. The first-order chi connectivity index (χ1) is 10.2. The van der Waals surface area contributed by atoms with Crippen LogP contribution in [0.4, 0.5) is 0 Å². The lowest BCUT2D eigenvalue weighted by Gasteiger charge is -2.05. The van der Waals surface area contributed by atoms with Gasteiger partial charge in [0, 0.05) is 24.1 Å². The number of hydrogen-bond donors (Lipinski definition) is 1. The minimum Gasteiger partial charge on any atom is -0.487 e. The molecule has 3 aromatic rings. The first-order valence-electron chi connectivity index (χ1n) is 6.90. The normalized spacial score (nSPS) is 11.0. The summed E-state index contributed by atoms with van der Waals surface area (Å²) in [6.07, 6.45) is 1.96. The van der Waals surface area contributed by atoms with E-state index >= 15 is 0 Å². The second-order valence-corrected chi connectivity index (χ2v) is 5.08. The average molecular weight is 282 g/mol. The van der Waals surface area contributed by atoms with Crippen LogP contribution in [-0.4, -0.2) is 14.4 Å². The number of nitrogens with two attached hydrogens (primary N) is 1. The largest absolute Gasteiger partial charge is 0.487 e. The Balaban J connectivity index is 1.80. The van der Waals surface area contributed by atoms with Crippen molar-refractivity contribution in [1.29, 1.82) is 0 Å². The fourth-order valence-electron chi connectivity index (χ4n) is 2.31. The lowest BCUT2D eigenvalue weighted by Crippen LogP contribution is -1.99. The third-order valence-corrected chi connectivity index (χ3v) is 3.33. The Morgan fingerprint density at radius 2 is 2.05 bits per heavy atom. The Morgan fingerprint density at radius 3 is 2.86 bits per heavy atom. The van der Waals surface area contributed by atoms with Crippen LogP contribution in [0.5, 0.6) is 5.75 Å². The zero-order chi connectivity index (χ0) is 14.8. The minimum atomic E-state index is 0.413. The molecule has 2 N–H and O–H groups in total. The van der Waals surface area contributed by atoms with E-state index < -0.39 is 0 Å². The summed E-state index contributed by atoms with van der Waals surface area (Å²) in [5.74, 6) is 1.51. The van der Waals surface area contributed by atoms with Gasteiger partial charge in [-0.15, -0.1) is 0 Å². The molecular formula is C16H18N4O. The van der Waals surface area contributed by atoms with E-state index in [0.717, 1.165) is 28.4 Å². The molecule has 0 saturated carbocycles. The molecule has 21 heavy (non-hydrogen) atoms. The summed E-state index contributed by atoms with van der Waals surface area (Å²) in [4.78, 5) is 8.91. The van der Waals surface area contributed by atoms with Crippen LogP contribution in [0, 0.1) is 13.8 Å². The van der Waals surface area contributed by atoms with Crippen molar-refractivity contribution >= 4 is 5.78 Å². The molecule has 0 amide bonds. The molecule has 0 aliphatic carbocycles. The number of aromatic nitrogens is 3. The number of rotatable bonds is 4. The van der Waals surface area contributed by atoms with Crippen molar-refractivity contribution in [2.75, 3.05) is 0 Å². The highest BCUT2D eigenvalue weighted by Crippen LogP contribution is 2.15. The Hall–Kier alpha value is -2.40. The van der Waals surface area contributed by atoms with Gasteiger partial charge in [-0.05, 0) is 37.6 Å². The van der Waals surface area contributed by atoms with E-state index in [1.54, 1.807) is 0 Å². The number of hydrogen-bond acceptors (Lipinski definition) is 4. The van der Waals surface area contributed by atoms with E-state index in [-0.39, 0.29) is 0 Å². The molecule has 3 rings (SSSR count). The van der Waals surface area contributed by atoms with Crippen LogP contribution in [0.1, 0.15) is 22.6 Å². The molecule has 5 heteroatoms. The van der Waals surface area contributed by atoms with Gasteiger partial charge in [-0.1, -0.05) is 12.1 Å². The Labute approximate surface area is 123 Å². The minimum absolute atomic E-state index is 0.413. The fourth-order valence-corrected chi connectivity index (χ4v) is 2.31. The molecular weight excluding hydrogens is 264 g/mol. The molecule has 0 radical (unpaired) electrons. The van der Waals surface area contributed by atoms with Gasteiger partial charge in [-0.3, -0.25) is 4.40 Å². The summed E-state index contributed by atoms with van der Waals surface area (Å²) >= 11 is 0. The summed E-state index contributed by atoms with van der Waals surface area (Å²) in [6, 6.07) is 9.82. The number of fused-ring (bicyclic) bond motifs is 1. The lowest BCUT2D eigenvalue weighted by molar-refractivity contribution is 0.301. The third-order valence-electron chi connectivity index (χ3n) is 3.33. The quantitative estimate of drug-likeness (QED) is 0.798. The fraction of sp³-hybridized carbons (Fsp3) is 0.250. The van der Waals surface area contributed by atoms with Crippen molar-refractivity contribution in [3.05, 3.63) is 59.2 Å². The van der Waals surface area contributed by atoms with E-state index in [1.165, 1.54) is 0 Å². The van der Waals surface area contributed by atoms with Crippen molar-refractivity contribution in [1.82, 2.24) is 14.4 Å². The van der Waals surface area contributed by atoms with E-state index in [1.807, 2.05) is 54.8 Å². The number of nitrogens with zero attached hydrogens (tertiary/aromatic N) is 3. The first kappa shape index (κ1) is 13.6. The number of aryl methyl sites for hydroxylation is 2. The number of ether oxygens (including phenoxy) is 1. The van der Waals surface area contributed by atoms with Crippen molar-refractivity contribution < 1.29 is 4.74 Å².